The highest BCUT2D eigenvalue weighted by molar-refractivity contribution is 6.03. The lowest BCUT2D eigenvalue weighted by atomic mass is 9.94. The Kier molecular flexibility index (Phi) is 4.45. The summed E-state index contributed by atoms with van der Waals surface area (Å²) in [4.78, 5) is 13.2. The highest BCUT2D eigenvalue weighted by Gasteiger charge is 2.19. The van der Waals surface area contributed by atoms with Crippen LogP contribution in [0.4, 0.5) is 0 Å². The van der Waals surface area contributed by atoms with Gasteiger partial charge in [-0.05, 0) is 38.2 Å². The first-order valence-corrected chi connectivity index (χ1v) is 8.77. The normalized spacial score (nSPS) is 16.2. The van der Waals surface area contributed by atoms with E-state index < -0.39 is 0 Å². The molecule has 1 aliphatic rings. The molecular weight excluding hydrogens is 302 g/mol. The number of para-hydroxylation sites is 1. The van der Waals surface area contributed by atoms with Gasteiger partial charge >= 0.3 is 0 Å². The van der Waals surface area contributed by atoms with Gasteiger partial charge in [0.05, 0.1) is 16.7 Å². The van der Waals surface area contributed by atoms with Gasteiger partial charge in [0.1, 0.15) is 17.9 Å². The zero-order chi connectivity index (χ0) is 16.4. The van der Waals surface area contributed by atoms with E-state index >= 15 is 0 Å². The van der Waals surface area contributed by atoms with Crippen molar-refractivity contribution in [1.29, 1.82) is 0 Å². The van der Waals surface area contributed by atoms with Gasteiger partial charge in [0.25, 0.3) is 0 Å². The summed E-state index contributed by atoms with van der Waals surface area (Å²) in [6, 6.07) is 8.26. The predicted molar refractivity (Wildman–Crippen MR) is 94.0 cm³/mol. The van der Waals surface area contributed by atoms with E-state index in [-0.39, 0.29) is 0 Å². The summed E-state index contributed by atoms with van der Waals surface area (Å²) < 4.78 is 11.0. The maximum Gasteiger partial charge on any atom is 0.133 e. The minimum absolute atomic E-state index is 0.510. The van der Waals surface area contributed by atoms with Crippen LogP contribution in [-0.2, 0) is 22.5 Å². The van der Waals surface area contributed by atoms with Crippen LogP contribution in [0.2, 0.25) is 0 Å². The molecule has 0 atom stereocenters. The van der Waals surface area contributed by atoms with Crippen molar-refractivity contribution in [3.05, 3.63) is 35.8 Å². The number of aromatic nitrogens is 3. The van der Waals surface area contributed by atoms with Crippen molar-refractivity contribution < 1.29 is 9.47 Å². The van der Waals surface area contributed by atoms with Crippen LogP contribution in [0.15, 0.2) is 24.3 Å². The van der Waals surface area contributed by atoms with E-state index in [4.69, 9.17) is 19.4 Å². The number of hydrogen-bond donors (Lipinski definition) is 1. The number of H-pyrrole nitrogens is 1. The second kappa shape index (κ2) is 6.87. The summed E-state index contributed by atoms with van der Waals surface area (Å²) in [6.45, 7) is 4.91. The van der Waals surface area contributed by atoms with Gasteiger partial charge in [-0.15, -0.1) is 0 Å². The third-order valence-electron chi connectivity index (χ3n) is 4.72. The fourth-order valence-electron chi connectivity index (χ4n) is 3.44. The molecule has 0 aliphatic carbocycles. The van der Waals surface area contributed by atoms with Crippen LogP contribution in [-0.4, -0.2) is 34.8 Å². The van der Waals surface area contributed by atoms with Crippen molar-refractivity contribution in [2.24, 2.45) is 5.92 Å². The molecule has 1 saturated heterocycles. The van der Waals surface area contributed by atoms with E-state index in [0.717, 1.165) is 65.9 Å². The summed E-state index contributed by atoms with van der Waals surface area (Å²) in [6.07, 6.45) is 3.17. The Balaban J connectivity index is 1.78. The largest absolute Gasteiger partial charge is 0.381 e. The zero-order valence-corrected chi connectivity index (χ0v) is 14.0. The second-order valence-electron chi connectivity index (χ2n) is 6.38. The molecule has 0 bridgehead atoms. The summed E-state index contributed by atoms with van der Waals surface area (Å²) in [7, 11) is 0. The SMILES string of the molecule is CCOCc1nc2c(CC3CCOCC3)nc3ccccc3c2[nH]1. The third-order valence-corrected chi connectivity index (χ3v) is 4.72. The molecule has 1 aromatic carbocycles. The van der Waals surface area contributed by atoms with Crippen LogP contribution < -0.4 is 0 Å². The average Bonchev–Trinajstić information content (AvgIpc) is 3.06. The Morgan fingerprint density at radius 2 is 2.04 bits per heavy atom. The number of benzene rings is 1. The van der Waals surface area contributed by atoms with Crippen molar-refractivity contribution in [3.63, 3.8) is 0 Å². The number of nitrogens with one attached hydrogen (secondary N) is 1. The van der Waals surface area contributed by atoms with Gasteiger partial charge in [-0.25, -0.2) is 4.98 Å². The Labute approximate surface area is 141 Å². The van der Waals surface area contributed by atoms with Crippen molar-refractivity contribution in [1.82, 2.24) is 15.0 Å². The van der Waals surface area contributed by atoms with Crippen LogP contribution in [0.25, 0.3) is 21.9 Å². The molecule has 126 valence electrons. The number of rotatable bonds is 5. The molecular formula is C19H23N3O2. The Bertz CT molecular complexity index is 837. The predicted octanol–water partition coefficient (Wildman–Crippen LogP) is 3.62. The van der Waals surface area contributed by atoms with Crippen LogP contribution in [0.3, 0.4) is 0 Å². The molecule has 2 aromatic heterocycles. The summed E-state index contributed by atoms with van der Waals surface area (Å²) in [5.41, 5.74) is 4.19. The standard InChI is InChI=1S/C19H23N3O2/c1-2-23-12-17-21-18-14-5-3-4-6-15(14)20-16(19(18)22-17)11-13-7-9-24-10-8-13/h3-6,13H,2,7-12H2,1H3,(H,21,22). The van der Waals surface area contributed by atoms with Gasteiger partial charge in [0.15, 0.2) is 0 Å². The quantitative estimate of drug-likeness (QED) is 0.778. The first-order valence-electron chi connectivity index (χ1n) is 8.77. The lowest BCUT2D eigenvalue weighted by Crippen LogP contribution is -2.18. The molecule has 24 heavy (non-hydrogen) atoms. The third kappa shape index (κ3) is 3.01. The van der Waals surface area contributed by atoms with Crippen molar-refractivity contribution >= 4 is 21.9 Å². The smallest absolute Gasteiger partial charge is 0.133 e. The van der Waals surface area contributed by atoms with Crippen molar-refractivity contribution in [2.45, 2.75) is 32.8 Å². The second-order valence-corrected chi connectivity index (χ2v) is 6.38. The average molecular weight is 325 g/mol. The lowest BCUT2D eigenvalue weighted by Gasteiger charge is -2.21. The number of aromatic amines is 1. The monoisotopic (exact) mass is 325 g/mol. The highest BCUT2D eigenvalue weighted by Crippen LogP contribution is 2.28. The molecule has 5 nitrogen and oxygen atoms in total. The van der Waals surface area contributed by atoms with Gasteiger partial charge in [-0.1, -0.05) is 18.2 Å². The molecule has 1 aliphatic heterocycles. The van der Waals surface area contributed by atoms with E-state index in [1.54, 1.807) is 0 Å². The van der Waals surface area contributed by atoms with E-state index in [9.17, 15) is 0 Å². The van der Waals surface area contributed by atoms with Crippen LogP contribution in [0.1, 0.15) is 31.3 Å². The molecule has 1 fully saturated rings. The van der Waals surface area contributed by atoms with Crippen LogP contribution in [0.5, 0.6) is 0 Å². The minimum atomic E-state index is 0.510. The molecule has 0 unspecified atom stereocenters. The Morgan fingerprint density at radius 3 is 2.88 bits per heavy atom. The summed E-state index contributed by atoms with van der Waals surface area (Å²) in [5.74, 6) is 1.50. The molecule has 1 N–H and O–H groups in total. The molecule has 0 spiro atoms. The number of fused-ring (bicyclic) bond motifs is 3. The highest BCUT2D eigenvalue weighted by atomic mass is 16.5. The maximum absolute atomic E-state index is 5.52. The van der Waals surface area contributed by atoms with Gasteiger partial charge in [-0.3, -0.25) is 4.98 Å². The number of ether oxygens (including phenoxy) is 2. The van der Waals surface area contributed by atoms with Crippen molar-refractivity contribution in [3.8, 4) is 0 Å². The number of pyridine rings is 1. The molecule has 3 aromatic rings. The van der Waals surface area contributed by atoms with E-state index in [0.29, 0.717) is 19.1 Å². The van der Waals surface area contributed by atoms with Crippen molar-refractivity contribution in [2.75, 3.05) is 19.8 Å². The number of imidazole rings is 1. The molecule has 0 saturated carbocycles. The first kappa shape index (κ1) is 15.5. The zero-order valence-electron chi connectivity index (χ0n) is 14.0. The van der Waals surface area contributed by atoms with Crippen LogP contribution >= 0.6 is 0 Å². The molecule has 3 heterocycles. The van der Waals surface area contributed by atoms with E-state index in [1.807, 2.05) is 19.1 Å². The molecule has 0 radical (unpaired) electrons. The fraction of sp³-hybridized carbons (Fsp3) is 0.474. The fourth-order valence-corrected chi connectivity index (χ4v) is 3.44. The molecule has 5 heteroatoms. The van der Waals surface area contributed by atoms with Gasteiger partial charge < -0.3 is 14.5 Å². The lowest BCUT2D eigenvalue weighted by molar-refractivity contribution is 0.0664. The van der Waals surface area contributed by atoms with Gasteiger partial charge in [0.2, 0.25) is 0 Å². The maximum atomic E-state index is 5.52. The number of nitrogens with zero attached hydrogens (tertiary/aromatic N) is 2. The van der Waals surface area contributed by atoms with Gasteiger partial charge in [0, 0.05) is 25.2 Å². The summed E-state index contributed by atoms with van der Waals surface area (Å²) >= 11 is 0. The summed E-state index contributed by atoms with van der Waals surface area (Å²) in [5, 5.41) is 1.12. The Morgan fingerprint density at radius 1 is 1.21 bits per heavy atom. The topological polar surface area (TPSA) is 60.0 Å². The van der Waals surface area contributed by atoms with E-state index in [2.05, 4.69) is 17.1 Å². The van der Waals surface area contributed by atoms with Gasteiger partial charge in [-0.2, -0.15) is 0 Å². The first-order chi connectivity index (χ1) is 11.8. The molecule has 4 rings (SSSR count). The van der Waals surface area contributed by atoms with Crippen LogP contribution in [0, 0.1) is 5.92 Å². The minimum Gasteiger partial charge on any atom is -0.381 e. The number of hydrogen-bond acceptors (Lipinski definition) is 4. The Hall–Kier alpha value is -1.98. The molecule has 0 amide bonds. The van der Waals surface area contributed by atoms with E-state index in [1.165, 1.54) is 0 Å².